The molecule has 0 rings (SSSR count). The SMILES string of the molecule is [CH2]C(F)C(F)CCC(F)CCCCC. The Morgan fingerprint density at radius 1 is 1.00 bits per heavy atom. The van der Waals surface area contributed by atoms with E-state index in [1.165, 1.54) is 0 Å². The van der Waals surface area contributed by atoms with Gasteiger partial charge in [0.1, 0.15) is 18.5 Å². The molecule has 0 aromatic carbocycles. The molecule has 0 aliphatic rings. The van der Waals surface area contributed by atoms with Gasteiger partial charge in [-0.3, -0.25) is 0 Å². The average molecular weight is 209 g/mol. The molecule has 1 radical (unpaired) electrons. The summed E-state index contributed by atoms with van der Waals surface area (Å²) in [5.74, 6) is 0. The smallest absolute Gasteiger partial charge is 0.131 e. The molecular weight excluding hydrogens is 189 g/mol. The molecule has 0 saturated carbocycles. The van der Waals surface area contributed by atoms with Gasteiger partial charge in [-0.05, 0) is 26.2 Å². The lowest BCUT2D eigenvalue weighted by Crippen LogP contribution is -2.15. The average Bonchev–Trinajstić information content (AvgIpc) is 2.14. The summed E-state index contributed by atoms with van der Waals surface area (Å²) in [5, 5.41) is 0. The molecule has 85 valence electrons. The summed E-state index contributed by atoms with van der Waals surface area (Å²) in [6, 6.07) is 0. The van der Waals surface area contributed by atoms with Crippen molar-refractivity contribution in [3.8, 4) is 0 Å². The zero-order valence-corrected chi connectivity index (χ0v) is 8.82. The Hall–Kier alpha value is -0.210. The van der Waals surface area contributed by atoms with Crippen molar-refractivity contribution in [1.82, 2.24) is 0 Å². The van der Waals surface area contributed by atoms with Gasteiger partial charge in [-0.25, -0.2) is 13.2 Å². The van der Waals surface area contributed by atoms with Crippen molar-refractivity contribution in [2.45, 2.75) is 64.0 Å². The molecule has 0 aliphatic carbocycles. The quantitative estimate of drug-likeness (QED) is 0.526. The Morgan fingerprint density at radius 2 is 1.64 bits per heavy atom. The highest BCUT2D eigenvalue weighted by Gasteiger charge is 2.17. The number of rotatable bonds is 8. The van der Waals surface area contributed by atoms with Gasteiger partial charge >= 0.3 is 0 Å². The van der Waals surface area contributed by atoms with E-state index in [0.29, 0.717) is 6.42 Å². The van der Waals surface area contributed by atoms with Crippen molar-refractivity contribution in [1.29, 1.82) is 0 Å². The first-order valence-corrected chi connectivity index (χ1v) is 5.33. The minimum Gasteiger partial charge on any atom is -0.247 e. The van der Waals surface area contributed by atoms with E-state index in [-0.39, 0.29) is 12.8 Å². The normalized spacial score (nSPS) is 17.8. The zero-order valence-electron chi connectivity index (χ0n) is 8.82. The topological polar surface area (TPSA) is 0 Å². The second kappa shape index (κ2) is 8.13. The molecule has 0 aliphatic heterocycles. The van der Waals surface area contributed by atoms with E-state index < -0.39 is 18.5 Å². The molecule has 0 heterocycles. The van der Waals surface area contributed by atoms with Crippen molar-refractivity contribution in [2.24, 2.45) is 0 Å². The van der Waals surface area contributed by atoms with Crippen LogP contribution in [0.15, 0.2) is 0 Å². The molecule has 0 amide bonds. The summed E-state index contributed by atoms with van der Waals surface area (Å²) in [4.78, 5) is 0. The van der Waals surface area contributed by atoms with Gasteiger partial charge in [-0.1, -0.05) is 26.2 Å². The van der Waals surface area contributed by atoms with Crippen LogP contribution in [0, 0.1) is 6.92 Å². The minimum absolute atomic E-state index is 0.0576. The fourth-order valence-corrected chi connectivity index (χ4v) is 1.28. The fourth-order valence-electron chi connectivity index (χ4n) is 1.28. The second-order valence-corrected chi connectivity index (χ2v) is 3.70. The van der Waals surface area contributed by atoms with E-state index >= 15 is 0 Å². The van der Waals surface area contributed by atoms with E-state index in [9.17, 15) is 13.2 Å². The molecule has 0 bridgehead atoms. The maximum Gasteiger partial charge on any atom is 0.131 e. The van der Waals surface area contributed by atoms with E-state index in [0.717, 1.165) is 19.3 Å². The number of halogens is 3. The zero-order chi connectivity index (χ0) is 11.0. The Labute approximate surface area is 84.9 Å². The maximum absolute atomic E-state index is 13.0. The molecule has 0 N–H and O–H groups in total. The first-order chi connectivity index (χ1) is 6.57. The first kappa shape index (κ1) is 13.8. The Kier molecular flexibility index (Phi) is 8.01. The summed E-state index contributed by atoms with van der Waals surface area (Å²) in [6.45, 7) is 4.97. The van der Waals surface area contributed by atoms with Gasteiger partial charge in [0.2, 0.25) is 0 Å². The van der Waals surface area contributed by atoms with Crippen LogP contribution < -0.4 is 0 Å². The molecule has 0 spiro atoms. The summed E-state index contributed by atoms with van der Waals surface area (Å²) in [6.07, 6.45) is -0.925. The van der Waals surface area contributed by atoms with Gasteiger partial charge in [-0.2, -0.15) is 0 Å². The van der Waals surface area contributed by atoms with Crippen molar-refractivity contribution in [2.75, 3.05) is 0 Å². The van der Waals surface area contributed by atoms with Gasteiger partial charge in [-0.15, -0.1) is 0 Å². The number of alkyl halides is 3. The lowest BCUT2D eigenvalue weighted by molar-refractivity contribution is 0.169. The molecule has 0 saturated heterocycles. The van der Waals surface area contributed by atoms with Gasteiger partial charge in [0.05, 0.1) is 0 Å². The molecule has 0 fully saturated rings. The van der Waals surface area contributed by atoms with E-state index in [1.807, 2.05) is 6.92 Å². The maximum atomic E-state index is 13.0. The second-order valence-electron chi connectivity index (χ2n) is 3.70. The third kappa shape index (κ3) is 7.22. The molecule has 0 nitrogen and oxygen atoms in total. The highest BCUT2D eigenvalue weighted by Crippen LogP contribution is 2.16. The van der Waals surface area contributed by atoms with Crippen LogP contribution in [0.3, 0.4) is 0 Å². The van der Waals surface area contributed by atoms with E-state index in [4.69, 9.17) is 0 Å². The van der Waals surface area contributed by atoms with Crippen LogP contribution in [0.4, 0.5) is 13.2 Å². The van der Waals surface area contributed by atoms with Crippen LogP contribution in [0.5, 0.6) is 0 Å². The Balaban J connectivity index is 3.38. The molecule has 3 heteroatoms. The number of hydrogen-bond donors (Lipinski definition) is 0. The molecule has 0 aromatic rings. The Bertz CT molecular complexity index is 126. The largest absolute Gasteiger partial charge is 0.247 e. The van der Waals surface area contributed by atoms with Crippen molar-refractivity contribution in [3.05, 3.63) is 6.92 Å². The van der Waals surface area contributed by atoms with Crippen LogP contribution in [0.2, 0.25) is 0 Å². The minimum atomic E-state index is -1.72. The van der Waals surface area contributed by atoms with Crippen LogP contribution >= 0.6 is 0 Å². The van der Waals surface area contributed by atoms with Crippen molar-refractivity contribution < 1.29 is 13.2 Å². The molecule has 14 heavy (non-hydrogen) atoms. The summed E-state index contributed by atoms with van der Waals surface area (Å²) in [5.41, 5.74) is 0. The third-order valence-electron chi connectivity index (χ3n) is 2.27. The summed E-state index contributed by atoms with van der Waals surface area (Å²) >= 11 is 0. The van der Waals surface area contributed by atoms with Crippen molar-refractivity contribution in [3.63, 3.8) is 0 Å². The van der Waals surface area contributed by atoms with Gasteiger partial charge in [0.15, 0.2) is 0 Å². The van der Waals surface area contributed by atoms with Crippen LogP contribution in [-0.2, 0) is 0 Å². The fraction of sp³-hybridized carbons (Fsp3) is 0.909. The predicted molar refractivity (Wildman–Crippen MR) is 53.4 cm³/mol. The van der Waals surface area contributed by atoms with Gasteiger partial charge in [0.25, 0.3) is 0 Å². The van der Waals surface area contributed by atoms with E-state index in [2.05, 4.69) is 6.92 Å². The first-order valence-electron chi connectivity index (χ1n) is 5.33. The highest BCUT2D eigenvalue weighted by molar-refractivity contribution is 4.71. The number of unbranched alkanes of at least 4 members (excludes halogenated alkanes) is 2. The number of hydrogen-bond acceptors (Lipinski definition) is 0. The van der Waals surface area contributed by atoms with Gasteiger partial charge in [0, 0.05) is 0 Å². The van der Waals surface area contributed by atoms with Crippen LogP contribution in [-0.4, -0.2) is 18.5 Å². The lowest BCUT2D eigenvalue weighted by atomic mass is 10.0. The standard InChI is InChI=1S/C11H20F3/c1-3-4-5-6-10(13)7-8-11(14)9(2)12/h9-11H,2-8H2,1H3. The van der Waals surface area contributed by atoms with Gasteiger partial charge < -0.3 is 0 Å². The third-order valence-corrected chi connectivity index (χ3v) is 2.27. The molecular formula is C11H20F3. The highest BCUT2D eigenvalue weighted by atomic mass is 19.2. The van der Waals surface area contributed by atoms with Crippen LogP contribution in [0.25, 0.3) is 0 Å². The molecule has 3 unspecified atom stereocenters. The molecule has 3 atom stereocenters. The van der Waals surface area contributed by atoms with Crippen LogP contribution in [0.1, 0.15) is 45.4 Å². The summed E-state index contributed by atoms with van der Waals surface area (Å²) in [7, 11) is 0. The van der Waals surface area contributed by atoms with Crippen molar-refractivity contribution >= 4 is 0 Å². The summed E-state index contributed by atoms with van der Waals surface area (Å²) < 4.78 is 38.0. The lowest BCUT2D eigenvalue weighted by Gasteiger charge is -2.11. The predicted octanol–water partition coefficient (Wildman–Crippen LogP) is 4.20. The Morgan fingerprint density at radius 3 is 2.14 bits per heavy atom. The molecule has 0 aromatic heterocycles. The monoisotopic (exact) mass is 209 g/mol. The van der Waals surface area contributed by atoms with E-state index in [1.54, 1.807) is 0 Å².